The Morgan fingerprint density at radius 3 is 2.62 bits per heavy atom. The maximum absolute atomic E-state index is 12.1. The van der Waals surface area contributed by atoms with E-state index in [-0.39, 0.29) is 30.1 Å². The van der Waals surface area contributed by atoms with E-state index in [0.717, 1.165) is 0 Å². The molecule has 1 fully saturated rings. The van der Waals surface area contributed by atoms with Crippen molar-refractivity contribution in [2.24, 2.45) is 5.41 Å². The molecule has 0 aliphatic carbocycles. The van der Waals surface area contributed by atoms with Crippen LogP contribution in [0, 0.1) is 5.41 Å². The Kier molecular flexibility index (Phi) is 4.33. The molecule has 94 valence electrons. The molecule has 0 spiro atoms. The number of aliphatic hydroxyl groups excluding tert-OH is 1. The van der Waals surface area contributed by atoms with Crippen molar-refractivity contribution in [3.63, 3.8) is 0 Å². The normalized spacial score (nSPS) is 26.9. The first-order valence-corrected chi connectivity index (χ1v) is 5.85. The fraction of sp³-hybridized carbons (Fsp3) is 0.917. The molecule has 16 heavy (non-hydrogen) atoms. The molecule has 1 aliphatic heterocycles. The van der Waals surface area contributed by atoms with Gasteiger partial charge in [0, 0.05) is 13.0 Å². The highest BCUT2D eigenvalue weighted by molar-refractivity contribution is 5.77. The van der Waals surface area contributed by atoms with Crippen LogP contribution in [0.5, 0.6) is 0 Å². The van der Waals surface area contributed by atoms with Crippen LogP contribution in [0.3, 0.4) is 0 Å². The van der Waals surface area contributed by atoms with Crippen LogP contribution in [0.1, 0.15) is 34.1 Å². The Morgan fingerprint density at radius 1 is 1.50 bits per heavy atom. The second-order valence-corrected chi connectivity index (χ2v) is 5.77. The molecule has 4 nitrogen and oxygen atoms in total. The third kappa shape index (κ3) is 3.76. The van der Waals surface area contributed by atoms with Gasteiger partial charge in [-0.05, 0) is 12.3 Å². The molecule has 0 bridgehead atoms. The monoisotopic (exact) mass is 229 g/mol. The number of amides is 1. The van der Waals surface area contributed by atoms with Gasteiger partial charge < -0.3 is 14.7 Å². The largest absolute Gasteiger partial charge is 0.394 e. The van der Waals surface area contributed by atoms with Crippen LogP contribution in [0.15, 0.2) is 0 Å². The molecule has 1 N–H and O–H groups in total. The molecule has 4 heteroatoms. The minimum Gasteiger partial charge on any atom is -0.394 e. The van der Waals surface area contributed by atoms with Gasteiger partial charge in [-0.15, -0.1) is 0 Å². The predicted octanol–water partition coefficient (Wildman–Crippen LogP) is 1.03. The highest BCUT2D eigenvalue weighted by Crippen LogP contribution is 2.22. The number of morpholine rings is 1. The van der Waals surface area contributed by atoms with Crippen molar-refractivity contribution in [2.45, 2.75) is 46.3 Å². The Balaban J connectivity index is 2.59. The van der Waals surface area contributed by atoms with Gasteiger partial charge in [0.05, 0.1) is 25.4 Å². The molecule has 2 unspecified atom stereocenters. The number of ether oxygens (including phenoxy) is 1. The van der Waals surface area contributed by atoms with Crippen LogP contribution in [-0.4, -0.2) is 47.8 Å². The molecule has 0 aromatic rings. The number of hydrogen-bond donors (Lipinski definition) is 1. The molecule has 1 heterocycles. The summed E-state index contributed by atoms with van der Waals surface area (Å²) >= 11 is 0. The summed E-state index contributed by atoms with van der Waals surface area (Å²) in [5.74, 6) is 0.154. The highest BCUT2D eigenvalue weighted by atomic mass is 16.5. The third-order valence-electron chi connectivity index (χ3n) is 2.71. The van der Waals surface area contributed by atoms with Crippen molar-refractivity contribution in [1.82, 2.24) is 4.90 Å². The van der Waals surface area contributed by atoms with E-state index < -0.39 is 0 Å². The average Bonchev–Trinajstić information content (AvgIpc) is 2.15. The zero-order chi connectivity index (χ0) is 12.3. The standard InChI is InChI=1S/C12H23NO3/c1-9-8-16-10(7-14)6-13(9)11(15)5-12(2,3)4/h9-10,14H,5-8H2,1-4H3. The number of carbonyl (C=O) groups excluding carboxylic acids is 1. The van der Waals surface area contributed by atoms with Gasteiger partial charge in [0.25, 0.3) is 0 Å². The van der Waals surface area contributed by atoms with Crippen LogP contribution >= 0.6 is 0 Å². The van der Waals surface area contributed by atoms with E-state index >= 15 is 0 Å². The molecule has 0 aromatic carbocycles. The molecule has 1 amide bonds. The lowest BCUT2D eigenvalue weighted by atomic mass is 9.91. The summed E-state index contributed by atoms with van der Waals surface area (Å²) in [5.41, 5.74) is 0.00379. The summed E-state index contributed by atoms with van der Waals surface area (Å²) < 4.78 is 5.41. The minimum atomic E-state index is -0.222. The number of rotatable bonds is 2. The van der Waals surface area contributed by atoms with Crippen molar-refractivity contribution >= 4 is 5.91 Å². The van der Waals surface area contributed by atoms with Crippen molar-refractivity contribution < 1.29 is 14.6 Å². The summed E-state index contributed by atoms with van der Waals surface area (Å²) in [7, 11) is 0. The Morgan fingerprint density at radius 2 is 2.12 bits per heavy atom. The van der Waals surface area contributed by atoms with Gasteiger partial charge in [0.1, 0.15) is 0 Å². The predicted molar refractivity (Wildman–Crippen MR) is 62.1 cm³/mol. The smallest absolute Gasteiger partial charge is 0.223 e. The lowest BCUT2D eigenvalue weighted by Crippen LogP contribution is -2.52. The summed E-state index contributed by atoms with van der Waals surface area (Å²) in [4.78, 5) is 13.9. The van der Waals surface area contributed by atoms with Crippen LogP contribution in [0.2, 0.25) is 0 Å². The van der Waals surface area contributed by atoms with Gasteiger partial charge in [-0.1, -0.05) is 20.8 Å². The first kappa shape index (κ1) is 13.5. The van der Waals surface area contributed by atoms with Crippen molar-refractivity contribution in [3.05, 3.63) is 0 Å². The van der Waals surface area contributed by atoms with Gasteiger partial charge in [-0.25, -0.2) is 0 Å². The Bertz CT molecular complexity index is 247. The average molecular weight is 229 g/mol. The molecule has 1 saturated heterocycles. The number of hydrogen-bond acceptors (Lipinski definition) is 3. The SMILES string of the molecule is CC1COC(CO)CN1C(=O)CC(C)(C)C. The van der Waals surface area contributed by atoms with Crippen LogP contribution in [-0.2, 0) is 9.53 Å². The van der Waals surface area contributed by atoms with E-state index in [1.165, 1.54) is 0 Å². The van der Waals surface area contributed by atoms with Crippen molar-refractivity contribution in [2.75, 3.05) is 19.8 Å². The zero-order valence-corrected chi connectivity index (χ0v) is 10.7. The summed E-state index contributed by atoms with van der Waals surface area (Å²) in [6.45, 7) is 9.15. The van der Waals surface area contributed by atoms with E-state index in [1.807, 2.05) is 11.8 Å². The number of nitrogens with zero attached hydrogens (tertiary/aromatic N) is 1. The third-order valence-corrected chi connectivity index (χ3v) is 2.71. The fourth-order valence-corrected chi connectivity index (χ4v) is 1.83. The van der Waals surface area contributed by atoms with Gasteiger partial charge in [0.2, 0.25) is 5.91 Å². The zero-order valence-electron chi connectivity index (χ0n) is 10.7. The number of carbonyl (C=O) groups is 1. The summed E-state index contributed by atoms with van der Waals surface area (Å²) in [6, 6.07) is 0.109. The first-order chi connectivity index (χ1) is 7.33. The molecular weight excluding hydrogens is 206 g/mol. The Labute approximate surface area is 97.6 Å². The molecule has 1 rings (SSSR count). The Hall–Kier alpha value is -0.610. The number of aliphatic hydroxyl groups is 1. The van der Waals surface area contributed by atoms with E-state index in [1.54, 1.807) is 0 Å². The van der Waals surface area contributed by atoms with Gasteiger partial charge >= 0.3 is 0 Å². The lowest BCUT2D eigenvalue weighted by Gasteiger charge is -2.38. The van der Waals surface area contributed by atoms with Gasteiger partial charge in [0.15, 0.2) is 0 Å². The second-order valence-electron chi connectivity index (χ2n) is 5.77. The topological polar surface area (TPSA) is 49.8 Å². The molecule has 0 aromatic heterocycles. The lowest BCUT2D eigenvalue weighted by molar-refractivity contribution is -0.148. The van der Waals surface area contributed by atoms with Gasteiger partial charge in [-0.3, -0.25) is 4.79 Å². The van der Waals surface area contributed by atoms with E-state index in [9.17, 15) is 4.79 Å². The van der Waals surface area contributed by atoms with E-state index in [0.29, 0.717) is 19.6 Å². The molecular formula is C12H23NO3. The van der Waals surface area contributed by atoms with Crippen molar-refractivity contribution in [1.29, 1.82) is 0 Å². The van der Waals surface area contributed by atoms with Crippen LogP contribution in [0.25, 0.3) is 0 Å². The van der Waals surface area contributed by atoms with Crippen LogP contribution in [0.4, 0.5) is 0 Å². The summed E-state index contributed by atoms with van der Waals surface area (Å²) in [5, 5.41) is 9.05. The quantitative estimate of drug-likeness (QED) is 0.769. The maximum atomic E-state index is 12.1. The molecule has 0 saturated carbocycles. The minimum absolute atomic E-state index is 0.00379. The molecule has 1 aliphatic rings. The van der Waals surface area contributed by atoms with Crippen LogP contribution < -0.4 is 0 Å². The van der Waals surface area contributed by atoms with E-state index in [2.05, 4.69) is 20.8 Å². The summed E-state index contributed by atoms with van der Waals surface area (Å²) in [6.07, 6.45) is 0.315. The highest BCUT2D eigenvalue weighted by Gasteiger charge is 2.30. The molecule has 2 atom stereocenters. The fourth-order valence-electron chi connectivity index (χ4n) is 1.83. The van der Waals surface area contributed by atoms with Crippen molar-refractivity contribution in [3.8, 4) is 0 Å². The molecule has 0 radical (unpaired) electrons. The maximum Gasteiger partial charge on any atom is 0.223 e. The second kappa shape index (κ2) is 5.15. The van der Waals surface area contributed by atoms with Gasteiger partial charge in [-0.2, -0.15) is 0 Å². The van der Waals surface area contributed by atoms with E-state index in [4.69, 9.17) is 9.84 Å². The first-order valence-electron chi connectivity index (χ1n) is 5.85.